The van der Waals surface area contributed by atoms with Crippen LogP contribution in [-0.2, 0) is 4.79 Å². The van der Waals surface area contributed by atoms with Crippen molar-refractivity contribution >= 4 is 40.5 Å². The number of amides is 2. The van der Waals surface area contributed by atoms with Gasteiger partial charge in [-0.15, -0.1) is 0 Å². The highest BCUT2D eigenvalue weighted by Crippen LogP contribution is 2.34. The predicted molar refractivity (Wildman–Crippen MR) is 130 cm³/mol. The van der Waals surface area contributed by atoms with E-state index >= 15 is 0 Å². The first kappa shape index (κ1) is 23.6. The van der Waals surface area contributed by atoms with E-state index in [4.69, 9.17) is 16.0 Å². The molecule has 4 rings (SSSR count). The van der Waals surface area contributed by atoms with E-state index in [0.717, 1.165) is 25.2 Å². The van der Waals surface area contributed by atoms with Crippen LogP contribution in [0.3, 0.4) is 0 Å². The van der Waals surface area contributed by atoms with Crippen LogP contribution in [0.15, 0.2) is 59.0 Å². The van der Waals surface area contributed by atoms with Crippen LogP contribution in [0.4, 0.5) is 17.1 Å². The van der Waals surface area contributed by atoms with Gasteiger partial charge in [-0.2, -0.15) is 0 Å². The van der Waals surface area contributed by atoms with Crippen molar-refractivity contribution in [2.45, 2.75) is 19.4 Å². The standard InChI is InChI=1S/C24H24ClN4O5/c1-15(30)27(2)19-11-12-28(14-19)18-6-4-17(5-7-18)26-24(31)23-10-9-22(34-23)20-8-3-16(25)13-21(20)29(32)33/h3-10,13,19,32H,11-12,14H2,1-2H3,(H,26,31)/q-1. The van der Waals surface area contributed by atoms with Gasteiger partial charge in [0.1, 0.15) is 5.76 Å². The molecule has 2 heterocycles. The third kappa shape index (κ3) is 5.01. The van der Waals surface area contributed by atoms with Crippen molar-refractivity contribution in [1.29, 1.82) is 0 Å². The fraction of sp³-hybridized carbons (Fsp3) is 0.250. The summed E-state index contributed by atoms with van der Waals surface area (Å²) in [5.74, 6) is -0.118. The van der Waals surface area contributed by atoms with Crippen LogP contribution in [-0.4, -0.2) is 48.1 Å². The number of nitrogens with zero attached hydrogens (tertiary/aromatic N) is 3. The van der Waals surface area contributed by atoms with Gasteiger partial charge in [-0.3, -0.25) is 14.8 Å². The lowest BCUT2D eigenvalue weighted by Gasteiger charge is -2.24. The molecule has 3 aromatic rings. The molecule has 178 valence electrons. The van der Waals surface area contributed by atoms with E-state index in [0.29, 0.717) is 11.3 Å². The largest absolute Gasteiger partial charge is 0.733 e. The first-order chi connectivity index (χ1) is 16.2. The number of anilines is 3. The van der Waals surface area contributed by atoms with Crippen molar-refractivity contribution < 1.29 is 19.2 Å². The average molecular weight is 484 g/mol. The molecule has 0 radical (unpaired) electrons. The Bertz CT molecular complexity index is 1190. The second kappa shape index (κ2) is 9.76. The minimum absolute atomic E-state index is 0.0463. The lowest BCUT2D eigenvalue weighted by molar-refractivity contribution is -0.129. The zero-order valence-electron chi connectivity index (χ0n) is 18.7. The molecule has 0 bridgehead atoms. The average Bonchev–Trinajstić information content (AvgIpc) is 3.49. The van der Waals surface area contributed by atoms with E-state index in [2.05, 4.69) is 10.2 Å². The van der Waals surface area contributed by atoms with Crippen molar-refractivity contribution in [1.82, 2.24) is 4.90 Å². The number of carbonyl (C=O) groups excluding carboxylic acids is 2. The van der Waals surface area contributed by atoms with Crippen LogP contribution in [0, 0.1) is 5.21 Å². The van der Waals surface area contributed by atoms with Crippen LogP contribution >= 0.6 is 11.6 Å². The maximum Gasteiger partial charge on any atom is 0.291 e. The molecular weight excluding hydrogens is 460 g/mol. The summed E-state index contributed by atoms with van der Waals surface area (Å²) in [4.78, 5) is 28.2. The zero-order chi connectivity index (χ0) is 24.4. The third-order valence-electron chi connectivity index (χ3n) is 5.96. The maximum absolute atomic E-state index is 12.7. The topological polar surface area (TPSA) is 112 Å². The molecule has 34 heavy (non-hydrogen) atoms. The molecule has 10 heteroatoms. The van der Waals surface area contributed by atoms with E-state index in [-0.39, 0.29) is 39.4 Å². The highest BCUT2D eigenvalue weighted by Gasteiger charge is 2.27. The number of hydrogen-bond donors (Lipinski definition) is 2. The maximum atomic E-state index is 12.7. The quantitative estimate of drug-likeness (QED) is 0.492. The predicted octanol–water partition coefficient (Wildman–Crippen LogP) is 4.60. The van der Waals surface area contributed by atoms with Crippen LogP contribution in [0.1, 0.15) is 23.9 Å². The summed E-state index contributed by atoms with van der Waals surface area (Å²) in [6, 6.07) is 15.0. The molecule has 9 nitrogen and oxygen atoms in total. The number of hydrogen-bond acceptors (Lipinski definition) is 7. The molecule has 1 fully saturated rings. The van der Waals surface area contributed by atoms with Crippen molar-refractivity contribution in [2.24, 2.45) is 0 Å². The Morgan fingerprint density at radius 1 is 1.18 bits per heavy atom. The van der Waals surface area contributed by atoms with Gasteiger partial charge in [-0.05, 0) is 61.0 Å². The molecule has 2 aromatic carbocycles. The molecule has 0 spiro atoms. The van der Waals surface area contributed by atoms with Gasteiger partial charge < -0.3 is 30.0 Å². The summed E-state index contributed by atoms with van der Waals surface area (Å²) in [6.07, 6.45) is 0.908. The highest BCUT2D eigenvalue weighted by atomic mass is 35.5. The fourth-order valence-electron chi connectivity index (χ4n) is 3.97. The van der Waals surface area contributed by atoms with Crippen molar-refractivity contribution in [3.63, 3.8) is 0 Å². The van der Waals surface area contributed by atoms with Crippen molar-refractivity contribution in [2.75, 3.05) is 35.6 Å². The molecule has 1 aromatic heterocycles. The number of halogens is 1. The van der Waals surface area contributed by atoms with E-state index in [1.807, 2.05) is 19.2 Å². The first-order valence-corrected chi connectivity index (χ1v) is 11.1. The van der Waals surface area contributed by atoms with Crippen molar-refractivity contribution in [3.05, 3.63) is 70.6 Å². The van der Waals surface area contributed by atoms with Gasteiger partial charge in [0.15, 0.2) is 5.76 Å². The summed E-state index contributed by atoms with van der Waals surface area (Å²) >= 11 is 5.89. The fourth-order valence-corrected chi connectivity index (χ4v) is 4.14. The van der Waals surface area contributed by atoms with E-state index in [9.17, 15) is 20.0 Å². The second-order valence-electron chi connectivity index (χ2n) is 8.12. The van der Waals surface area contributed by atoms with Crippen LogP contribution in [0.25, 0.3) is 11.3 Å². The summed E-state index contributed by atoms with van der Waals surface area (Å²) in [5, 5.41) is 23.6. The van der Waals surface area contributed by atoms with Gasteiger partial charge in [0, 0.05) is 49.0 Å². The summed E-state index contributed by atoms with van der Waals surface area (Å²) in [5.41, 5.74) is 1.81. The van der Waals surface area contributed by atoms with E-state index in [1.165, 1.54) is 24.3 Å². The molecule has 2 amide bonds. The van der Waals surface area contributed by atoms with Crippen molar-refractivity contribution in [3.8, 4) is 11.3 Å². The molecule has 1 atom stereocenters. The van der Waals surface area contributed by atoms with Crippen LogP contribution in [0.2, 0.25) is 5.02 Å². The van der Waals surface area contributed by atoms with Gasteiger partial charge in [-0.25, -0.2) is 0 Å². The molecule has 1 aliphatic heterocycles. The number of nitrogens with one attached hydrogen (secondary N) is 1. The monoisotopic (exact) mass is 483 g/mol. The number of furan rings is 1. The normalized spacial score (nSPS) is 15.3. The number of rotatable bonds is 6. The van der Waals surface area contributed by atoms with E-state index in [1.54, 1.807) is 30.0 Å². The Kier molecular flexibility index (Phi) is 6.78. The highest BCUT2D eigenvalue weighted by molar-refractivity contribution is 6.31. The van der Waals surface area contributed by atoms with Gasteiger partial charge in [-0.1, -0.05) is 11.6 Å². The third-order valence-corrected chi connectivity index (χ3v) is 6.19. The molecule has 1 unspecified atom stereocenters. The number of likely N-dealkylation sites (N-methyl/N-ethyl adjacent to an activating group) is 1. The van der Waals surface area contributed by atoms with Crippen LogP contribution < -0.4 is 15.4 Å². The second-order valence-corrected chi connectivity index (χ2v) is 8.55. The zero-order valence-corrected chi connectivity index (χ0v) is 19.5. The Morgan fingerprint density at radius 2 is 1.91 bits per heavy atom. The van der Waals surface area contributed by atoms with Gasteiger partial charge in [0.05, 0.1) is 11.7 Å². The molecule has 1 aliphatic rings. The van der Waals surface area contributed by atoms with E-state index < -0.39 is 5.91 Å². The molecular formula is C24H24ClN4O5-. The SMILES string of the molecule is CC(=O)N(C)C1CCN(c2ccc(NC(=O)c3ccc(-c4ccc(Cl)cc4N([O-])O)o3)cc2)C1. The molecule has 0 saturated carbocycles. The molecule has 2 N–H and O–H groups in total. The Balaban J connectivity index is 1.42. The van der Waals surface area contributed by atoms with Gasteiger partial charge in [0.25, 0.3) is 5.91 Å². The lowest BCUT2D eigenvalue weighted by atomic mass is 10.1. The smallest absolute Gasteiger partial charge is 0.291 e. The summed E-state index contributed by atoms with van der Waals surface area (Å²) in [7, 11) is 1.82. The van der Waals surface area contributed by atoms with Gasteiger partial charge in [0.2, 0.25) is 5.91 Å². The lowest BCUT2D eigenvalue weighted by Crippen LogP contribution is -2.37. The first-order valence-electron chi connectivity index (χ1n) is 10.7. The summed E-state index contributed by atoms with van der Waals surface area (Å²) in [6.45, 7) is 3.18. The number of carbonyl (C=O) groups is 2. The Morgan fingerprint density at radius 3 is 2.59 bits per heavy atom. The Labute approximate surface area is 201 Å². The number of benzene rings is 2. The summed E-state index contributed by atoms with van der Waals surface area (Å²) < 4.78 is 5.62. The molecule has 1 saturated heterocycles. The van der Waals surface area contributed by atoms with Crippen LogP contribution in [0.5, 0.6) is 0 Å². The minimum Gasteiger partial charge on any atom is -0.733 e. The van der Waals surface area contributed by atoms with Gasteiger partial charge >= 0.3 is 0 Å². The minimum atomic E-state index is -0.457. The molecule has 0 aliphatic carbocycles. The Hall–Kier alpha value is -3.53.